The molecule has 2 unspecified atom stereocenters. The van der Waals surface area contributed by atoms with Crippen LogP contribution >= 0.6 is 27.5 Å². The van der Waals surface area contributed by atoms with Crippen LogP contribution in [0.5, 0.6) is 0 Å². The van der Waals surface area contributed by atoms with Gasteiger partial charge in [-0.05, 0) is 43.7 Å². The second kappa shape index (κ2) is 5.82. The van der Waals surface area contributed by atoms with Crippen LogP contribution < -0.4 is 4.90 Å². The number of anilines is 1. The predicted octanol–water partition coefficient (Wildman–Crippen LogP) is 5.45. The molecule has 3 rings (SSSR count). The Labute approximate surface area is 138 Å². The van der Waals surface area contributed by atoms with E-state index in [0.29, 0.717) is 0 Å². The van der Waals surface area contributed by atoms with E-state index in [1.54, 1.807) is 0 Å². The molecular weight excluding hydrogens is 348 g/mol. The average Bonchev–Trinajstić information content (AvgIpc) is 2.46. The van der Waals surface area contributed by atoms with Crippen LogP contribution in [0.1, 0.15) is 31.0 Å². The van der Waals surface area contributed by atoms with Crippen molar-refractivity contribution in [3.05, 3.63) is 63.1 Å². The van der Waals surface area contributed by atoms with Crippen LogP contribution in [-0.4, -0.2) is 12.4 Å². The Kier molecular flexibility index (Phi) is 4.05. The molecule has 0 radical (unpaired) electrons. The summed E-state index contributed by atoms with van der Waals surface area (Å²) in [6.45, 7) is 4.30. The second-order valence-electron chi connectivity index (χ2n) is 5.25. The van der Waals surface area contributed by atoms with Gasteiger partial charge in [-0.15, -0.1) is 0 Å². The topological polar surface area (TPSA) is 15.6 Å². The molecular formula is C17H16BrClN2. The van der Waals surface area contributed by atoms with Crippen molar-refractivity contribution in [1.29, 1.82) is 0 Å². The fraction of sp³-hybridized carbons (Fsp3) is 0.235. The lowest BCUT2D eigenvalue weighted by atomic mass is 10.0. The fourth-order valence-corrected chi connectivity index (χ4v) is 3.32. The van der Waals surface area contributed by atoms with Crippen molar-refractivity contribution in [2.75, 3.05) is 4.90 Å². The van der Waals surface area contributed by atoms with E-state index in [1.165, 1.54) is 11.3 Å². The van der Waals surface area contributed by atoms with Crippen molar-refractivity contribution in [1.82, 2.24) is 0 Å². The summed E-state index contributed by atoms with van der Waals surface area (Å²) in [5.41, 5.74) is 3.53. The number of benzene rings is 2. The molecule has 0 aliphatic carbocycles. The highest BCUT2D eigenvalue weighted by molar-refractivity contribution is 9.10. The molecule has 0 N–H and O–H groups in total. The normalized spacial score (nSPS) is 18.5. The van der Waals surface area contributed by atoms with E-state index in [0.717, 1.165) is 15.1 Å². The number of halogens is 2. The Morgan fingerprint density at radius 2 is 2.05 bits per heavy atom. The minimum atomic E-state index is 0.0979. The van der Waals surface area contributed by atoms with Gasteiger partial charge in [-0.3, -0.25) is 4.99 Å². The van der Waals surface area contributed by atoms with E-state index in [9.17, 15) is 0 Å². The number of hydrogen-bond acceptors (Lipinski definition) is 2. The standard InChI is InChI=1S/C17H16BrClN2/c1-11(13-4-3-5-16(19)8-13)21-12(2)20-10-14-6-7-15(18)9-17(14)21/h3-12H,1-2H3. The molecule has 2 atom stereocenters. The minimum absolute atomic E-state index is 0.0979. The molecule has 0 aromatic heterocycles. The van der Waals surface area contributed by atoms with Crippen molar-refractivity contribution in [2.24, 2.45) is 4.99 Å². The molecule has 0 saturated carbocycles. The molecule has 0 amide bonds. The van der Waals surface area contributed by atoms with Crippen LogP contribution in [0.4, 0.5) is 5.69 Å². The Hall–Kier alpha value is -1.32. The summed E-state index contributed by atoms with van der Waals surface area (Å²) < 4.78 is 1.08. The van der Waals surface area contributed by atoms with Crippen LogP contribution in [0.2, 0.25) is 5.02 Å². The van der Waals surface area contributed by atoms with Gasteiger partial charge in [0.25, 0.3) is 0 Å². The maximum Gasteiger partial charge on any atom is 0.118 e. The molecule has 2 nitrogen and oxygen atoms in total. The summed E-state index contributed by atoms with van der Waals surface area (Å²) in [5, 5.41) is 0.766. The third-order valence-electron chi connectivity index (χ3n) is 3.85. The van der Waals surface area contributed by atoms with E-state index >= 15 is 0 Å². The molecule has 2 aromatic rings. The molecule has 21 heavy (non-hydrogen) atoms. The van der Waals surface area contributed by atoms with Crippen LogP contribution in [-0.2, 0) is 0 Å². The Bertz CT molecular complexity index is 699. The van der Waals surface area contributed by atoms with Crippen LogP contribution in [0, 0.1) is 0 Å². The zero-order chi connectivity index (χ0) is 15.0. The molecule has 108 valence electrons. The van der Waals surface area contributed by atoms with Crippen molar-refractivity contribution in [2.45, 2.75) is 26.1 Å². The van der Waals surface area contributed by atoms with Gasteiger partial charge in [0.15, 0.2) is 0 Å². The molecule has 0 bridgehead atoms. The third kappa shape index (κ3) is 2.85. The van der Waals surface area contributed by atoms with Gasteiger partial charge in [-0.2, -0.15) is 0 Å². The van der Waals surface area contributed by atoms with Gasteiger partial charge >= 0.3 is 0 Å². The quantitative estimate of drug-likeness (QED) is 0.693. The summed E-state index contributed by atoms with van der Waals surface area (Å²) in [7, 11) is 0. The largest absolute Gasteiger partial charge is 0.342 e. The molecule has 0 saturated heterocycles. The first-order chi connectivity index (χ1) is 10.1. The summed E-state index contributed by atoms with van der Waals surface area (Å²) in [6, 6.07) is 14.5. The lowest BCUT2D eigenvalue weighted by molar-refractivity contribution is 0.578. The number of rotatable bonds is 2. The van der Waals surface area contributed by atoms with Crippen molar-refractivity contribution in [3.8, 4) is 0 Å². The number of nitrogens with zero attached hydrogens (tertiary/aromatic N) is 2. The molecule has 1 aliphatic rings. The Balaban J connectivity index is 2.05. The zero-order valence-corrected chi connectivity index (χ0v) is 14.3. The highest BCUT2D eigenvalue weighted by Gasteiger charge is 2.26. The number of hydrogen-bond donors (Lipinski definition) is 0. The first-order valence-electron chi connectivity index (χ1n) is 6.93. The summed E-state index contributed by atoms with van der Waals surface area (Å²) in [6.07, 6.45) is 2.05. The summed E-state index contributed by atoms with van der Waals surface area (Å²) >= 11 is 9.70. The number of aliphatic imine (C=N–C) groups is 1. The molecule has 4 heteroatoms. The average molecular weight is 364 g/mol. The first-order valence-corrected chi connectivity index (χ1v) is 8.10. The van der Waals surface area contributed by atoms with Crippen LogP contribution in [0.15, 0.2) is 51.9 Å². The van der Waals surface area contributed by atoms with E-state index in [1.807, 2.05) is 30.5 Å². The summed E-state index contributed by atoms with van der Waals surface area (Å²) in [5.74, 6) is 0. The van der Waals surface area contributed by atoms with E-state index < -0.39 is 0 Å². The monoisotopic (exact) mass is 362 g/mol. The molecule has 1 aliphatic heterocycles. The van der Waals surface area contributed by atoms with E-state index in [4.69, 9.17) is 11.6 Å². The maximum absolute atomic E-state index is 6.13. The van der Waals surface area contributed by atoms with Crippen molar-refractivity contribution >= 4 is 39.4 Å². The summed E-state index contributed by atoms with van der Waals surface area (Å²) in [4.78, 5) is 6.93. The smallest absolute Gasteiger partial charge is 0.118 e. The minimum Gasteiger partial charge on any atom is -0.342 e. The molecule has 1 heterocycles. The van der Waals surface area contributed by atoms with Crippen molar-refractivity contribution in [3.63, 3.8) is 0 Å². The van der Waals surface area contributed by atoms with Gasteiger partial charge in [-0.25, -0.2) is 0 Å². The van der Waals surface area contributed by atoms with Gasteiger partial charge < -0.3 is 4.90 Å². The van der Waals surface area contributed by atoms with Gasteiger partial charge in [0.05, 0.1) is 6.04 Å². The Morgan fingerprint density at radius 1 is 1.24 bits per heavy atom. The van der Waals surface area contributed by atoms with Gasteiger partial charge in [0.1, 0.15) is 6.17 Å². The maximum atomic E-state index is 6.13. The Morgan fingerprint density at radius 3 is 2.81 bits per heavy atom. The molecule has 2 aromatic carbocycles. The fourth-order valence-electron chi connectivity index (χ4n) is 2.77. The van der Waals surface area contributed by atoms with Crippen LogP contribution in [0.25, 0.3) is 0 Å². The van der Waals surface area contributed by atoms with E-state index in [2.05, 4.69) is 57.9 Å². The third-order valence-corrected chi connectivity index (χ3v) is 4.58. The zero-order valence-electron chi connectivity index (χ0n) is 11.9. The number of fused-ring (bicyclic) bond motifs is 1. The van der Waals surface area contributed by atoms with Crippen LogP contribution in [0.3, 0.4) is 0 Å². The van der Waals surface area contributed by atoms with Gasteiger partial charge in [0, 0.05) is 27.0 Å². The highest BCUT2D eigenvalue weighted by Crippen LogP contribution is 2.36. The second-order valence-corrected chi connectivity index (χ2v) is 6.60. The lowest BCUT2D eigenvalue weighted by Crippen LogP contribution is -2.37. The van der Waals surface area contributed by atoms with Gasteiger partial charge in [-0.1, -0.05) is 45.7 Å². The lowest BCUT2D eigenvalue weighted by Gasteiger charge is -2.38. The molecule has 0 fully saturated rings. The van der Waals surface area contributed by atoms with Gasteiger partial charge in [0.2, 0.25) is 0 Å². The highest BCUT2D eigenvalue weighted by atomic mass is 79.9. The molecule has 0 spiro atoms. The SMILES string of the molecule is CC1N=Cc2ccc(Br)cc2N1C(C)c1cccc(Cl)c1. The van der Waals surface area contributed by atoms with Crippen molar-refractivity contribution < 1.29 is 0 Å². The predicted molar refractivity (Wildman–Crippen MR) is 93.5 cm³/mol. The first kappa shape index (κ1) is 14.6. The van der Waals surface area contributed by atoms with E-state index in [-0.39, 0.29) is 12.2 Å².